The van der Waals surface area contributed by atoms with Gasteiger partial charge in [0, 0.05) is 37.8 Å². The van der Waals surface area contributed by atoms with Gasteiger partial charge in [0.15, 0.2) is 11.6 Å². The Morgan fingerprint density at radius 2 is 1.71 bits per heavy atom. The fourth-order valence-corrected chi connectivity index (χ4v) is 3.01. The fourth-order valence-electron chi connectivity index (χ4n) is 3.01. The second-order valence-corrected chi connectivity index (χ2v) is 5.67. The Morgan fingerprint density at radius 1 is 1.10 bits per heavy atom. The second-order valence-electron chi connectivity index (χ2n) is 5.67. The van der Waals surface area contributed by atoms with E-state index in [4.69, 9.17) is 0 Å². The normalized spacial score (nSPS) is 20.3. The van der Waals surface area contributed by atoms with Crippen LogP contribution in [0.5, 0.6) is 0 Å². The van der Waals surface area contributed by atoms with Crippen LogP contribution in [0.4, 0.5) is 8.78 Å². The van der Waals surface area contributed by atoms with Crippen LogP contribution in [-0.4, -0.2) is 31.1 Å². The van der Waals surface area contributed by atoms with E-state index in [0.29, 0.717) is 17.0 Å². The van der Waals surface area contributed by atoms with Gasteiger partial charge in [0.2, 0.25) is 0 Å². The average Bonchev–Trinajstić information content (AvgIpc) is 3.25. The number of rotatable bonds is 3. The number of halogens is 4. The number of piperazine rings is 1. The topological polar surface area (TPSA) is 15.3 Å². The molecule has 1 heterocycles. The van der Waals surface area contributed by atoms with Crippen molar-refractivity contribution >= 4 is 24.8 Å². The van der Waals surface area contributed by atoms with Crippen LogP contribution in [-0.2, 0) is 0 Å². The van der Waals surface area contributed by atoms with Crippen LogP contribution >= 0.6 is 24.8 Å². The van der Waals surface area contributed by atoms with Gasteiger partial charge >= 0.3 is 0 Å². The van der Waals surface area contributed by atoms with Gasteiger partial charge in [-0.3, -0.25) is 4.90 Å². The smallest absolute Gasteiger partial charge is 0.163 e. The van der Waals surface area contributed by atoms with E-state index in [1.165, 1.54) is 0 Å². The molecule has 1 aromatic rings. The Kier molecular flexibility index (Phi) is 6.85. The third-order valence-corrected chi connectivity index (χ3v) is 4.24. The fraction of sp³-hybridized carbons (Fsp3) is 0.600. The van der Waals surface area contributed by atoms with Crippen molar-refractivity contribution in [3.63, 3.8) is 0 Å². The predicted octanol–water partition coefficient (Wildman–Crippen LogP) is 3.47. The maximum absolute atomic E-state index is 14.2. The standard InChI is InChI=1S/C15H20F2N2.2ClH/c1-10-2-5-12(14(17)13(10)16)15(11-3-4-11)19-8-6-18-7-9-19;;/h2,5,11,15,18H,3-4,6-9H2,1H3;2*1H/t15-;;/m0../s1. The first-order valence-electron chi connectivity index (χ1n) is 7.07. The highest BCUT2D eigenvalue weighted by molar-refractivity contribution is 5.85. The van der Waals surface area contributed by atoms with Gasteiger partial charge in [-0.25, -0.2) is 8.78 Å². The van der Waals surface area contributed by atoms with Crippen LogP contribution in [0.3, 0.4) is 0 Å². The molecule has 1 aromatic carbocycles. The molecule has 0 spiro atoms. The number of aryl methyl sites for hydroxylation is 1. The number of nitrogens with one attached hydrogen (secondary N) is 1. The summed E-state index contributed by atoms with van der Waals surface area (Å²) >= 11 is 0. The molecule has 1 aliphatic carbocycles. The first kappa shape index (κ1) is 18.6. The van der Waals surface area contributed by atoms with Gasteiger partial charge in [0.05, 0.1) is 0 Å². The monoisotopic (exact) mass is 338 g/mol. The lowest BCUT2D eigenvalue weighted by atomic mass is 9.97. The van der Waals surface area contributed by atoms with E-state index in [0.717, 1.165) is 39.0 Å². The van der Waals surface area contributed by atoms with Crippen LogP contribution < -0.4 is 5.32 Å². The van der Waals surface area contributed by atoms with E-state index < -0.39 is 11.6 Å². The van der Waals surface area contributed by atoms with Gasteiger partial charge in [-0.2, -0.15) is 0 Å². The maximum atomic E-state index is 14.2. The zero-order valence-corrected chi connectivity index (χ0v) is 13.7. The highest BCUT2D eigenvalue weighted by Crippen LogP contribution is 2.45. The molecule has 0 unspecified atom stereocenters. The van der Waals surface area contributed by atoms with Gasteiger partial charge in [-0.1, -0.05) is 12.1 Å². The van der Waals surface area contributed by atoms with Gasteiger partial charge in [-0.15, -0.1) is 24.8 Å². The molecule has 1 aliphatic heterocycles. The van der Waals surface area contributed by atoms with E-state index in [1.54, 1.807) is 19.1 Å². The van der Waals surface area contributed by atoms with E-state index in [-0.39, 0.29) is 30.9 Å². The van der Waals surface area contributed by atoms with Gasteiger partial charge in [0.1, 0.15) is 0 Å². The quantitative estimate of drug-likeness (QED) is 0.907. The lowest BCUT2D eigenvalue weighted by Crippen LogP contribution is -2.46. The second kappa shape index (κ2) is 7.73. The van der Waals surface area contributed by atoms with Gasteiger partial charge < -0.3 is 5.32 Å². The summed E-state index contributed by atoms with van der Waals surface area (Å²) in [6.07, 6.45) is 2.26. The lowest BCUT2D eigenvalue weighted by molar-refractivity contribution is 0.152. The zero-order chi connectivity index (χ0) is 13.4. The number of nitrogens with zero attached hydrogens (tertiary/aromatic N) is 1. The van der Waals surface area contributed by atoms with Crippen molar-refractivity contribution in [3.05, 3.63) is 34.9 Å². The summed E-state index contributed by atoms with van der Waals surface area (Å²) in [6.45, 7) is 5.30. The van der Waals surface area contributed by atoms with Crippen LogP contribution in [0, 0.1) is 24.5 Å². The van der Waals surface area contributed by atoms with E-state index in [9.17, 15) is 8.78 Å². The number of hydrogen-bond acceptors (Lipinski definition) is 2. The molecule has 0 bridgehead atoms. The maximum Gasteiger partial charge on any atom is 0.163 e. The summed E-state index contributed by atoms with van der Waals surface area (Å²) in [5.74, 6) is -0.830. The average molecular weight is 339 g/mol. The van der Waals surface area contributed by atoms with Crippen molar-refractivity contribution in [1.82, 2.24) is 10.2 Å². The molecule has 0 aromatic heterocycles. The Morgan fingerprint density at radius 3 is 2.29 bits per heavy atom. The molecule has 120 valence electrons. The molecule has 1 saturated carbocycles. The van der Waals surface area contributed by atoms with Crippen molar-refractivity contribution in [1.29, 1.82) is 0 Å². The molecule has 6 heteroatoms. The van der Waals surface area contributed by atoms with Crippen LogP contribution in [0.1, 0.15) is 30.0 Å². The number of hydrogen-bond donors (Lipinski definition) is 1. The molecule has 21 heavy (non-hydrogen) atoms. The first-order chi connectivity index (χ1) is 9.18. The van der Waals surface area contributed by atoms with Crippen molar-refractivity contribution < 1.29 is 8.78 Å². The zero-order valence-electron chi connectivity index (χ0n) is 12.1. The van der Waals surface area contributed by atoms with Gasteiger partial charge in [0.25, 0.3) is 0 Å². The molecule has 1 saturated heterocycles. The van der Waals surface area contributed by atoms with E-state index >= 15 is 0 Å². The van der Waals surface area contributed by atoms with Crippen molar-refractivity contribution in [3.8, 4) is 0 Å². The lowest BCUT2D eigenvalue weighted by Gasteiger charge is -2.35. The summed E-state index contributed by atoms with van der Waals surface area (Å²) in [7, 11) is 0. The SMILES string of the molecule is Cc1ccc([C@H](C2CC2)N2CCNCC2)c(F)c1F.Cl.Cl. The molecule has 2 fully saturated rings. The Hall–Kier alpha value is -0.420. The molecular formula is C15H22Cl2F2N2. The molecule has 1 atom stereocenters. The molecular weight excluding hydrogens is 317 g/mol. The minimum absolute atomic E-state index is 0. The van der Waals surface area contributed by atoms with Crippen molar-refractivity contribution in [2.24, 2.45) is 5.92 Å². The molecule has 0 radical (unpaired) electrons. The predicted molar refractivity (Wildman–Crippen MR) is 85.5 cm³/mol. The van der Waals surface area contributed by atoms with E-state index in [2.05, 4.69) is 10.2 Å². The first-order valence-corrected chi connectivity index (χ1v) is 7.07. The summed E-state index contributed by atoms with van der Waals surface area (Å²) < 4.78 is 28.0. The van der Waals surface area contributed by atoms with Crippen LogP contribution in [0.2, 0.25) is 0 Å². The van der Waals surface area contributed by atoms with Crippen LogP contribution in [0.15, 0.2) is 12.1 Å². The third kappa shape index (κ3) is 3.86. The summed E-state index contributed by atoms with van der Waals surface area (Å²) in [5.41, 5.74) is 0.934. The molecule has 2 nitrogen and oxygen atoms in total. The van der Waals surface area contributed by atoms with E-state index in [1.807, 2.05) is 0 Å². The summed E-state index contributed by atoms with van der Waals surface area (Å²) in [5, 5.41) is 3.31. The Balaban J connectivity index is 0.00000110. The Bertz CT molecular complexity index is 475. The molecule has 0 amide bonds. The number of benzene rings is 1. The highest BCUT2D eigenvalue weighted by Gasteiger charge is 2.38. The highest BCUT2D eigenvalue weighted by atomic mass is 35.5. The molecule has 2 aliphatic rings. The largest absolute Gasteiger partial charge is 0.314 e. The minimum Gasteiger partial charge on any atom is -0.314 e. The summed E-state index contributed by atoms with van der Waals surface area (Å²) in [6, 6.07) is 3.53. The van der Waals surface area contributed by atoms with Crippen molar-refractivity contribution in [2.45, 2.75) is 25.8 Å². The van der Waals surface area contributed by atoms with Gasteiger partial charge in [-0.05, 0) is 31.2 Å². The molecule has 1 N–H and O–H groups in total. The van der Waals surface area contributed by atoms with Crippen LogP contribution in [0.25, 0.3) is 0 Å². The third-order valence-electron chi connectivity index (χ3n) is 4.24. The summed E-state index contributed by atoms with van der Waals surface area (Å²) in [4.78, 5) is 2.31. The Labute approximate surface area is 137 Å². The minimum atomic E-state index is -0.682. The van der Waals surface area contributed by atoms with Crippen molar-refractivity contribution in [2.75, 3.05) is 26.2 Å². The molecule has 3 rings (SSSR count).